The molecule has 0 rings (SSSR count). The molecule has 0 radical (unpaired) electrons. The number of rotatable bonds is 77. The summed E-state index contributed by atoms with van der Waals surface area (Å²) in [6.45, 7) is 14.3. The van der Waals surface area contributed by atoms with Gasteiger partial charge in [0.2, 0.25) is 0 Å². The van der Waals surface area contributed by atoms with Crippen molar-refractivity contribution in [1.82, 2.24) is 0 Å². The van der Waals surface area contributed by atoms with Crippen molar-refractivity contribution in [2.75, 3.05) is 39.6 Å². The standard InChI is InChI=1S/C80H156O17P2/c1-9-72(7)58-50-42-34-28-21-17-15-13-11-12-14-16-18-22-30-36-46-54-62-79(84)97-76(67-91-78(83)61-53-45-39-38-43-51-59-73(8)10-2)69-95-99(88,89)93-65-74(81)64-92-98(86,87)94-68-75(66-90-77(82)60-52-44-35-29-25-24-27-33-41-49-57-71(5)6)96-80(85)63-55-47-37-31-23-19-20-26-32-40-48-56-70(3)4/h70-76,81H,9-69H2,1-8H3,(H,86,87)(H,88,89)/t72?,73?,74-,75-,76-/m1/s1. The number of carbonyl (C=O) groups is 4. The van der Waals surface area contributed by atoms with Crippen molar-refractivity contribution in [2.45, 2.75) is 427 Å². The topological polar surface area (TPSA) is 237 Å². The van der Waals surface area contributed by atoms with Crippen LogP contribution in [0.2, 0.25) is 0 Å². The molecule has 0 aromatic carbocycles. The van der Waals surface area contributed by atoms with Gasteiger partial charge in [0.25, 0.3) is 0 Å². The van der Waals surface area contributed by atoms with Crippen LogP contribution in [0, 0.1) is 23.7 Å². The van der Waals surface area contributed by atoms with Crippen LogP contribution in [0.1, 0.15) is 409 Å². The highest BCUT2D eigenvalue weighted by Crippen LogP contribution is 2.45. The van der Waals surface area contributed by atoms with Crippen LogP contribution in [-0.2, 0) is 65.4 Å². The molecular weight excluding hydrogens is 1290 g/mol. The molecule has 0 fully saturated rings. The summed E-state index contributed by atoms with van der Waals surface area (Å²) < 4.78 is 68.6. The number of hydrogen-bond acceptors (Lipinski definition) is 15. The zero-order chi connectivity index (χ0) is 73.1. The van der Waals surface area contributed by atoms with Gasteiger partial charge in [-0.25, -0.2) is 9.13 Å². The summed E-state index contributed by atoms with van der Waals surface area (Å²) in [5, 5.41) is 10.6. The predicted molar refractivity (Wildman–Crippen MR) is 404 cm³/mol. The van der Waals surface area contributed by atoms with E-state index in [1.807, 2.05) is 0 Å². The first-order valence-electron chi connectivity index (χ1n) is 41.3. The Balaban J connectivity index is 5.19. The minimum Gasteiger partial charge on any atom is -0.462 e. The second kappa shape index (κ2) is 69.1. The van der Waals surface area contributed by atoms with Crippen LogP contribution in [0.5, 0.6) is 0 Å². The average molecular weight is 1450 g/mol. The maximum Gasteiger partial charge on any atom is 0.472 e. The van der Waals surface area contributed by atoms with Crippen LogP contribution >= 0.6 is 15.6 Å². The van der Waals surface area contributed by atoms with Crippen LogP contribution in [0.4, 0.5) is 0 Å². The Bertz CT molecular complexity index is 1940. The molecule has 0 spiro atoms. The Hall–Kier alpha value is -1.94. The van der Waals surface area contributed by atoms with E-state index in [2.05, 4.69) is 55.4 Å². The van der Waals surface area contributed by atoms with Gasteiger partial charge in [0, 0.05) is 25.7 Å². The minimum absolute atomic E-state index is 0.106. The number of carbonyl (C=O) groups excluding carboxylic acids is 4. The van der Waals surface area contributed by atoms with Crippen molar-refractivity contribution in [3.05, 3.63) is 0 Å². The molecule has 588 valence electrons. The number of unbranched alkanes of at least 4 members (excludes halogenated alkanes) is 41. The van der Waals surface area contributed by atoms with Crippen molar-refractivity contribution < 1.29 is 80.2 Å². The highest BCUT2D eigenvalue weighted by atomic mass is 31.2. The molecule has 0 saturated heterocycles. The van der Waals surface area contributed by atoms with Crippen LogP contribution in [0.15, 0.2) is 0 Å². The van der Waals surface area contributed by atoms with E-state index >= 15 is 0 Å². The zero-order valence-corrected chi connectivity index (χ0v) is 66.9. The predicted octanol–water partition coefficient (Wildman–Crippen LogP) is 23.6. The van der Waals surface area contributed by atoms with E-state index < -0.39 is 97.5 Å². The van der Waals surface area contributed by atoms with E-state index in [0.717, 1.165) is 120 Å². The van der Waals surface area contributed by atoms with Gasteiger partial charge >= 0.3 is 39.5 Å². The van der Waals surface area contributed by atoms with Crippen LogP contribution in [0.3, 0.4) is 0 Å². The fraction of sp³-hybridized carbons (Fsp3) is 0.950. The monoisotopic (exact) mass is 1450 g/mol. The van der Waals surface area contributed by atoms with Gasteiger partial charge in [0.1, 0.15) is 19.3 Å². The molecule has 0 aliphatic rings. The largest absolute Gasteiger partial charge is 0.472 e. The molecule has 17 nitrogen and oxygen atoms in total. The van der Waals surface area contributed by atoms with E-state index in [1.54, 1.807) is 0 Å². The summed E-state index contributed by atoms with van der Waals surface area (Å²) in [6.07, 6.45) is 55.6. The highest BCUT2D eigenvalue weighted by molar-refractivity contribution is 7.47. The Morgan fingerprint density at radius 1 is 0.283 bits per heavy atom. The first-order chi connectivity index (χ1) is 47.7. The summed E-state index contributed by atoms with van der Waals surface area (Å²) in [4.78, 5) is 72.9. The lowest BCUT2D eigenvalue weighted by Crippen LogP contribution is -2.30. The molecular formula is C80H156O17P2. The molecule has 19 heteroatoms. The van der Waals surface area contributed by atoms with E-state index in [0.29, 0.717) is 25.7 Å². The van der Waals surface area contributed by atoms with Crippen LogP contribution in [0.25, 0.3) is 0 Å². The quantitative estimate of drug-likeness (QED) is 0.0222. The van der Waals surface area contributed by atoms with Crippen LogP contribution in [-0.4, -0.2) is 96.7 Å². The molecule has 4 unspecified atom stereocenters. The van der Waals surface area contributed by atoms with E-state index in [1.165, 1.54) is 205 Å². The number of esters is 4. The third-order valence-electron chi connectivity index (χ3n) is 19.3. The molecule has 7 atom stereocenters. The number of phosphoric ester groups is 2. The molecule has 0 heterocycles. The first kappa shape index (κ1) is 97.1. The fourth-order valence-corrected chi connectivity index (χ4v) is 13.8. The fourth-order valence-electron chi connectivity index (χ4n) is 12.2. The molecule has 0 aromatic heterocycles. The van der Waals surface area contributed by atoms with Crippen molar-refractivity contribution in [3.63, 3.8) is 0 Å². The number of hydrogen-bond donors (Lipinski definition) is 3. The summed E-state index contributed by atoms with van der Waals surface area (Å²) in [5.74, 6) is 1.01. The van der Waals surface area contributed by atoms with Gasteiger partial charge in [-0.2, -0.15) is 0 Å². The Labute approximate surface area is 607 Å². The number of ether oxygens (including phenoxy) is 4. The second-order valence-corrected chi connectivity index (χ2v) is 33.1. The third kappa shape index (κ3) is 71.5. The lowest BCUT2D eigenvalue weighted by molar-refractivity contribution is -0.161. The van der Waals surface area contributed by atoms with Crippen molar-refractivity contribution in [2.24, 2.45) is 23.7 Å². The smallest absolute Gasteiger partial charge is 0.462 e. The van der Waals surface area contributed by atoms with Crippen molar-refractivity contribution in [1.29, 1.82) is 0 Å². The Kier molecular flexibility index (Phi) is 67.8. The molecule has 0 aliphatic carbocycles. The maximum absolute atomic E-state index is 13.1. The molecule has 0 aliphatic heterocycles. The molecule has 0 saturated carbocycles. The molecule has 3 N–H and O–H groups in total. The molecule has 0 bridgehead atoms. The molecule has 99 heavy (non-hydrogen) atoms. The molecule has 0 amide bonds. The third-order valence-corrected chi connectivity index (χ3v) is 21.2. The second-order valence-electron chi connectivity index (χ2n) is 30.2. The van der Waals surface area contributed by atoms with E-state index in [-0.39, 0.29) is 25.7 Å². The van der Waals surface area contributed by atoms with E-state index in [4.69, 9.17) is 37.0 Å². The maximum atomic E-state index is 13.1. The number of aliphatic hydroxyl groups is 1. The first-order valence-corrected chi connectivity index (χ1v) is 44.3. The van der Waals surface area contributed by atoms with Gasteiger partial charge in [0.05, 0.1) is 26.4 Å². The van der Waals surface area contributed by atoms with E-state index in [9.17, 15) is 43.2 Å². The summed E-state index contributed by atoms with van der Waals surface area (Å²) in [6, 6.07) is 0. The summed E-state index contributed by atoms with van der Waals surface area (Å²) in [7, 11) is -9.92. The Morgan fingerprint density at radius 2 is 0.485 bits per heavy atom. The minimum atomic E-state index is -4.96. The lowest BCUT2D eigenvalue weighted by atomic mass is 9.99. The number of aliphatic hydroxyl groups excluding tert-OH is 1. The highest BCUT2D eigenvalue weighted by Gasteiger charge is 2.30. The van der Waals surface area contributed by atoms with Gasteiger partial charge in [-0.05, 0) is 49.4 Å². The van der Waals surface area contributed by atoms with Crippen LogP contribution < -0.4 is 0 Å². The lowest BCUT2D eigenvalue weighted by Gasteiger charge is -2.21. The van der Waals surface area contributed by atoms with Gasteiger partial charge in [-0.15, -0.1) is 0 Å². The zero-order valence-electron chi connectivity index (χ0n) is 65.1. The SMILES string of the molecule is CCC(C)CCCCCCCCCCCCCCCCCCCCC(=O)O[C@H](COC(=O)CCCCCCCCC(C)CC)COP(=O)(O)OC[C@H](O)COP(=O)(O)OC[C@@H](COC(=O)CCCCCCCCCCCCC(C)C)OC(=O)CCCCCCCCCCCCCC(C)C. The normalized spacial score (nSPS) is 14.6. The molecule has 0 aromatic rings. The van der Waals surface area contributed by atoms with Gasteiger partial charge in [-0.1, -0.05) is 357 Å². The van der Waals surface area contributed by atoms with Gasteiger partial charge in [-0.3, -0.25) is 37.3 Å². The summed E-state index contributed by atoms with van der Waals surface area (Å²) in [5.41, 5.74) is 0. The summed E-state index contributed by atoms with van der Waals surface area (Å²) >= 11 is 0. The van der Waals surface area contributed by atoms with Gasteiger partial charge in [0.15, 0.2) is 12.2 Å². The van der Waals surface area contributed by atoms with Crippen molar-refractivity contribution >= 4 is 39.5 Å². The average Bonchev–Trinajstić information content (AvgIpc) is 1.73. The number of phosphoric acid groups is 2. The van der Waals surface area contributed by atoms with Crippen molar-refractivity contribution in [3.8, 4) is 0 Å². The van der Waals surface area contributed by atoms with Gasteiger partial charge < -0.3 is 33.8 Å². The Morgan fingerprint density at radius 3 is 0.717 bits per heavy atom.